The minimum Gasteiger partial charge on any atom is -0.459 e. The summed E-state index contributed by atoms with van der Waals surface area (Å²) in [5.41, 5.74) is 5.18. The van der Waals surface area contributed by atoms with Crippen LogP contribution in [0.1, 0.15) is 45.0 Å². The highest BCUT2D eigenvalue weighted by molar-refractivity contribution is 6.04. The van der Waals surface area contributed by atoms with E-state index in [2.05, 4.69) is 34.9 Å². The van der Waals surface area contributed by atoms with Gasteiger partial charge in [0, 0.05) is 11.3 Å². The summed E-state index contributed by atoms with van der Waals surface area (Å²) >= 11 is 0. The van der Waals surface area contributed by atoms with Crippen LogP contribution in [0.5, 0.6) is 0 Å². The molecule has 0 unspecified atom stereocenters. The van der Waals surface area contributed by atoms with E-state index in [0.717, 1.165) is 22.3 Å². The SMILES string of the molecule is Cc1ccc(C(=O)N[C@@H](C)c2ccc(-c3ccccc3)cc2)cc1NC(=O)c1ccco1. The van der Waals surface area contributed by atoms with Crippen LogP contribution in [0.25, 0.3) is 11.1 Å². The molecule has 32 heavy (non-hydrogen) atoms. The Morgan fingerprint density at radius 3 is 2.22 bits per heavy atom. The number of anilines is 1. The Bertz CT molecular complexity index is 1210. The first-order valence-corrected chi connectivity index (χ1v) is 10.4. The van der Waals surface area contributed by atoms with Gasteiger partial charge in [-0.05, 0) is 60.4 Å². The van der Waals surface area contributed by atoms with E-state index in [4.69, 9.17) is 4.42 Å². The molecule has 5 nitrogen and oxygen atoms in total. The first kappa shape index (κ1) is 21.1. The molecular formula is C27H24N2O3. The number of carbonyl (C=O) groups excluding carboxylic acids is 2. The molecule has 0 spiro atoms. The van der Waals surface area contributed by atoms with Crippen molar-refractivity contribution < 1.29 is 14.0 Å². The predicted octanol–water partition coefficient (Wildman–Crippen LogP) is 6.00. The molecular weight excluding hydrogens is 400 g/mol. The minimum absolute atomic E-state index is 0.171. The summed E-state index contributed by atoms with van der Waals surface area (Å²) in [5.74, 6) is -0.354. The summed E-state index contributed by atoms with van der Waals surface area (Å²) in [6.45, 7) is 3.82. The monoisotopic (exact) mass is 424 g/mol. The van der Waals surface area contributed by atoms with Crippen molar-refractivity contribution in [2.45, 2.75) is 19.9 Å². The Labute approximate surface area is 187 Å². The Morgan fingerprint density at radius 1 is 0.812 bits per heavy atom. The molecule has 0 bridgehead atoms. The molecule has 160 valence electrons. The Kier molecular flexibility index (Phi) is 6.17. The number of amides is 2. The highest BCUT2D eigenvalue weighted by Crippen LogP contribution is 2.23. The Balaban J connectivity index is 1.44. The average molecular weight is 425 g/mol. The molecule has 0 aliphatic carbocycles. The van der Waals surface area contributed by atoms with Crippen LogP contribution in [-0.4, -0.2) is 11.8 Å². The van der Waals surface area contributed by atoms with E-state index in [1.807, 2.05) is 50.2 Å². The molecule has 2 N–H and O–H groups in total. The Hall–Kier alpha value is -4.12. The van der Waals surface area contributed by atoms with Crippen LogP contribution in [0, 0.1) is 6.92 Å². The number of hydrogen-bond acceptors (Lipinski definition) is 3. The normalized spacial score (nSPS) is 11.6. The molecule has 0 aliphatic rings. The van der Waals surface area contributed by atoms with Gasteiger partial charge in [0.15, 0.2) is 5.76 Å². The van der Waals surface area contributed by atoms with Gasteiger partial charge in [0.1, 0.15) is 0 Å². The molecule has 1 atom stereocenters. The van der Waals surface area contributed by atoms with Crippen LogP contribution in [0.3, 0.4) is 0 Å². The largest absolute Gasteiger partial charge is 0.459 e. The fraction of sp³-hybridized carbons (Fsp3) is 0.111. The van der Waals surface area contributed by atoms with Crippen molar-refractivity contribution in [3.05, 3.63) is 114 Å². The Morgan fingerprint density at radius 2 is 1.53 bits per heavy atom. The van der Waals surface area contributed by atoms with Crippen LogP contribution in [-0.2, 0) is 0 Å². The molecule has 1 heterocycles. The lowest BCUT2D eigenvalue weighted by atomic mass is 10.0. The van der Waals surface area contributed by atoms with Gasteiger partial charge in [0.2, 0.25) is 0 Å². The number of nitrogens with one attached hydrogen (secondary N) is 2. The molecule has 5 heteroatoms. The first-order chi connectivity index (χ1) is 15.5. The second kappa shape index (κ2) is 9.35. The molecule has 0 saturated carbocycles. The molecule has 2 amide bonds. The van der Waals surface area contributed by atoms with Gasteiger partial charge >= 0.3 is 0 Å². The minimum atomic E-state index is -0.359. The van der Waals surface area contributed by atoms with Gasteiger partial charge in [0.25, 0.3) is 11.8 Å². The van der Waals surface area contributed by atoms with E-state index < -0.39 is 0 Å². The fourth-order valence-electron chi connectivity index (χ4n) is 3.45. The summed E-state index contributed by atoms with van der Waals surface area (Å²) in [6, 6.07) is 26.6. The molecule has 0 aliphatic heterocycles. The van der Waals surface area contributed by atoms with Gasteiger partial charge in [-0.2, -0.15) is 0 Å². The van der Waals surface area contributed by atoms with Gasteiger partial charge in [-0.25, -0.2) is 0 Å². The third-order valence-electron chi connectivity index (χ3n) is 5.36. The van der Waals surface area contributed by atoms with Gasteiger partial charge in [-0.1, -0.05) is 60.7 Å². The van der Waals surface area contributed by atoms with E-state index in [1.165, 1.54) is 6.26 Å². The van der Waals surface area contributed by atoms with Crippen molar-refractivity contribution >= 4 is 17.5 Å². The van der Waals surface area contributed by atoms with E-state index in [-0.39, 0.29) is 23.6 Å². The molecule has 4 rings (SSSR count). The van der Waals surface area contributed by atoms with Gasteiger partial charge in [-0.3, -0.25) is 9.59 Å². The van der Waals surface area contributed by atoms with E-state index in [1.54, 1.807) is 24.3 Å². The molecule has 0 saturated heterocycles. The van der Waals surface area contributed by atoms with Crippen LogP contribution in [0.4, 0.5) is 5.69 Å². The number of aryl methyl sites for hydroxylation is 1. The fourth-order valence-corrected chi connectivity index (χ4v) is 3.45. The molecule has 0 radical (unpaired) electrons. The second-order valence-corrected chi connectivity index (χ2v) is 7.64. The molecule has 3 aromatic carbocycles. The van der Waals surface area contributed by atoms with E-state index >= 15 is 0 Å². The molecule has 1 aromatic heterocycles. The average Bonchev–Trinajstić information content (AvgIpc) is 3.36. The second-order valence-electron chi connectivity index (χ2n) is 7.64. The van der Waals surface area contributed by atoms with Crippen molar-refractivity contribution in [2.24, 2.45) is 0 Å². The summed E-state index contributed by atoms with van der Waals surface area (Å²) < 4.78 is 5.13. The van der Waals surface area contributed by atoms with Crippen LogP contribution in [0.2, 0.25) is 0 Å². The van der Waals surface area contributed by atoms with Gasteiger partial charge in [0.05, 0.1) is 12.3 Å². The number of furan rings is 1. The maximum Gasteiger partial charge on any atom is 0.291 e. The quantitative estimate of drug-likeness (QED) is 0.399. The first-order valence-electron chi connectivity index (χ1n) is 10.4. The lowest BCUT2D eigenvalue weighted by molar-refractivity contribution is 0.0938. The van der Waals surface area contributed by atoms with Crippen molar-refractivity contribution in [2.75, 3.05) is 5.32 Å². The van der Waals surface area contributed by atoms with Crippen molar-refractivity contribution in [3.63, 3.8) is 0 Å². The summed E-state index contributed by atoms with van der Waals surface area (Å²) in [7, 11) is 0. The number of rotatable bonds is 6. The van der Waals surface area contributed by atoms with Gasteiger partial charge in [-0.15, -0.1) is 0 Å². The van der Waals surface area contributed by atoms with E-state index in [9.17, 15) is 9.59 Å². The third kappa shape index (κ3) is 4.78. The lowest BCUT2D eigenvalue weighted by Crippen LogP contribution is -2.26. The summed E-state index contributed by atoms with van der Waals surface area (Å²) in [4.78, 5) is 25.1. The zero-order valence-corrected chi connectivity index (χ0v) is 18.0. The molecule has 4 aromatic rings. The van der Waals surface area contributed by atoms with Crippen molar-refractivity contribution in [1.82, 2.24) is 5.32 Å². The summed E-state index contributed by atoms with van der Waals surface area (Å²) in [6.07, 6.45) is 1.44. The predicted molar refractivity (Wildman–Crippen MR) is 126 cm³/mol. The highest BCUT2D eigenvalue weighted by Gasteiger charge is 2.15. The molecule has 0 fully saturated rings. The van der Waals surface area contributed by atoms with Crippen LogP contribution >= 0.6 is 0 Å². The maximum atomic E-state index is 12.9. The van der Waals surface area contributed by atoms with Gasteiger partial charge < -0.3 is 15.1 Å². The zero-order valence-electron chi connectivity index (χ0n) is 18.0. The lowest BCUT2D eigenvalue weighted by Gasteiger charge is -2.16. The zero-order chi connectivity index (χ0) is 22.5. The van der Waals surface area contributed by atoms with Crippen LogP contribution in [0.15, 0.2) is 95.6 Å². The number of carbonyl (C=O) groups is 2. The topological polar surface area (TPSA) is 71.3 Å². The third-order valence-corrected chi connectivity index (χ3v) is 5.36. The number of hydrogen-bond donors (Lipinski definition) is 2. The van der Waals surface area contributed by atoms with Crippen LogP contribution < -0.4 is 10.6 Å². The van der Waals surface area contributed by atoms with Crippen molar-refractivity contribution in [1.29, 1.82) is 0 Å². The highest BCUT2D eigenvalue weighted by atomic mass is 16.3. The smallest absolute Gasteiger partial charge is 0.291 e. The standard InChI is InChI=1S/C27H24N2O3/c1-18-10-11-23(17-24(18)29-27(31)25-9-6-16-32-25)26(30)28-19(2)20-12-14-22(15-13-20)21-7-4-3-5-8-21/h3-17,19H,1-2H3,(H,28,30)(H,29,31)/t19-/m0/s1. The maximum absolute atomic E-state index is 12.9. The van der Waals surface area contributed by atoms with Crippen molar-refractivity contribution in [3.8, 4) is 11.1 Å². The van der Waals surface area contributed by atoms with E-state index in [0.29, 0.717) is 11.3 Å². The summed E-state index contributed by atoms with van der Waals surface area (Å²) in [5, 5.41) is 5.83. The number of benzene rings is 3.